The van der Waals surface area contributed by atoms with Crippen molar-refractivity contribution in [2.75, 3.05) is 0 Å². The molecule has 2 rings (SSSR count). The van der Waals surface area contributed by atoms with Crippen molar-refractivity contribution in [3.8, 4) is 11.5 Å². The molecule has 27 heavy (non-hydrogen) atoms. The van der Waals surface area contributed by atoms with Crippen molar-refractivity contribution >= 4 is 24.0 Å². The van der Waals surface area contributed by atoms with Gasteiger partial charge in [-0.2, -0.15) is 0 Å². The van der Waals surface area contributed by atoms with Gasteiger partial charge in [0, 0.05) is 12.3 Å². The molecule has 6 heteroatoms. The number of carbonyl (C=O) groups is 2. The fourth-order valence-corrected chi connectivity index (χ4v) is 1.93. The van der Waals surface area contributed by atoms with Crippen molar-refractivity contribution in [1.29, 1.82) is 0 Å². The SMILES string of the molecule is C=CC(=O)Oc1ccc(C=Nc2ccccc2OC(=O)OC(C)(C)C)cc1. The van der Waals surface area contributed by atoms with Gasteiger partial charge in [0.1, 0.15) is 17.0 Å². The first-order valence-corrected chi connectivity index (χ1v) is 8.25. The Kier molecular flexibility index (Phi) is 6.49. The van der Waals surface area contributed by atoms with Crippen LogP contribution in [-0.4, -0.2) is 23.9 Å². The number of aliphatic imine (C=N–C) groups is 1. The molecule has 0 bridgehead atoms. The Labute approximate surface area is 158 Å². The minimum absolute atomic E-state index is 0.291. The molecule has 140 valence electrons. The third-order valence-electron chi connectivity index (χ3n) is 3.07. The third-order valence-corrected chi connectivity index (χ3v) is 3.07. The highest BCUT2D eigenvalue weighted by molar-refractivity contribution is 5.85. The molecule has 0 atom stereocenters. The lowest BCUT2D eigenvalue weighted by Gasteiger charge is -2.18. The van der Waals surface area contributed by atoms with Crippen LogP contribution >= 0.6 is 0 Å². The smallest absolute Gasteiger partial charge is 0.428 e. The van der Waals surface area contributed by atoms with Gasteiger partial charge in [0.05, 0.1) is 0 Å². The summed E-state index contributed by atoms with van der Waals surface area (Å²) in [5, 5.41) is 0. The average Bonchev–Trinajstić information content (AvgIpc) is 2.60. The van der Waals surface area contributed by atoms with Crippen LogP contribution in [0.2, 0.25) is 0 Å². The number of nitrogens with zero attached hydrogens (tertiary/aromatic N) is 1. The second-order valence-corrected chi connectivity index (χ2v) is 6.49. The number of hydrogen-bond donors (Lipinski definition) is 0. The molecule has 6 nitrogen and oxygen atoms in total. The van der Waals surface area contributed by atoms with Gasteiger partial charge in [0.15, 0.2) is 5.75 Å². The molecule has 0 aliphatic rings. The summed E-state index contributed by atoms with van der Waals surface area (Å²) in [6.45, 7) is 8.62. The molecule has 0 heterocycles. The summed E-state index contributed by atoms with van der Waals surface area (Å²) in [6, 6.07) is 13.6. The maximum atomic E-state index is 11.9. The third kappa shape index (κ3) is 6.78. The van der Waals surface area contributed by atoms with Crippen molar-refractivity contribution in [1.82, 2.24) is 0 Å². The van der Waals surface area contributed by atoms with E-state index in [1.54, 1.807) is 75.5 Å². The van der Waals surface area contributed by atoms with E-state index in [0.29, 0.717) is 17.2 Å². The summed E-state index contributed by atoms with van der Waals surface area (Å²) < 4.78 is 15.4. The van der Waals surface area contributed by atoms with Crippen LogP contribution in [0.1, 0.15) is 26.3 Å². The standard InChI is InChI=1S/C21H21NO5/c1-5-19(23)25-16-12-10-15(11-13-16)14-22-17-8-6-7-9-18(17)26-20(24)27-21(2,3)4/h5-14H,1H2,2-4H3. The van der Waals surface area contributed by atoms with Crippen LogP contribution in [0.15, 0.2) is 66.2 Å². The molecule has 0 radical (unpaired) electrons. The fraction of sp³-hybridized carbons (Fsp3) is 0.190. The van der Waals surface area contributed by atoms with E-state index in [9.17, 15) is 9.59 Å². The van der Waals surface area contributed by atoms with Gasteiger partial charge in [0.2, 0.25) is 0 Å². The Bertz CT molecular complexity index is 848. The van der Waals surface area contributed by atoms with Crippen molar-refractivity contribution < 1.29 is 23.8 Å². The molecule has 0 amide bonds. The fourth-order valence-electron chi connectivity index (χ4n) is 1.93. The van der Waals surface area contributed by atoms with Crippen LogP contribution in [0.4, 0.5) is 10.5 Å². The summed E-state index contributed by atoms with van der Waals surface area (Å²) in [5.74, 6) is 0.176. The molecule has 2 aromatic rings. The Morgan fingerprint density at radius 1 is 1.00 bits per heavy atom. The molecule has 0 spiro atoms. The zero-order valence-corrected chi connectivity index (χ0v) is 15.5. The van der Waals surface area contributed by atoms with Gasteiger partial charge in [-0.1, -0.05) is 18.7 Å². The quantitative estimate of drug-likeness (QED) is 0.248. The van der Waals surface area contributed by atoms with Crippen molar-refractivity contribution in [3.05, 3.63) is 66.7 Å². The summed E-state index contributed by atoms with van der Waals surface area (Å²) in [5.41, 5.74) is 0.609. The molecule has 0 N–H and O–H groups in total. The first-order valence-electron chi connectivity index (χ1n) is 8.25. The zero-order chi connectivity index (χ0) is 19.9. The van der Waals surface area contributed by atoms with Crippen LogP contribution in [0.3, 0.4) is 0 Å². The maximum absolute atomic E-state index is 11.9. The van der Waals surface area contributed by atoms with Crippen LogP contribution < -0.4 is 9.47 Å². The number of benzene rings is 2. The number of ether oxygens (including phenoxy) is 3. The minimum atomic E-state index is -0.793. The maximum Gasteiger partial charge on any atom is 0.514 e. The van der Waals surface area contributed by atoms with E-state index in [4.69, 9.17) is 14.2 Å². The normalized spacial score (nSPS) is 11.1. The Morgan fingerprint density at radius 2 is 1.67 bits per heavy atom. The van der Waals surface area contributed by atoms with Gasteiger partial charge in [-0.05, 0) is 62.7 Å². The second-order valence-electron chi connectivity index (χ2n) is 6.49. The predicted octanol–water partition coefficient (Wildman–Crippen LogP) is 4.84. The predicted molar refractivity (Wildman–Crippen MR) is 103 cm³/mol. The number of rotatable bonds is 5. The van der Waals surface area contributed by atoms with E-state index in [2.05, 4.69) is 11.6 Å². The Balaban J connectivity index is 2.09. The van der Waals surface area contributed by atoms with Gasteiger partial charge in [-0.3, -0.25) is 4.99 Å². The Morgan fingerprint density at radius 3 is 2.30 bits per heavy atom. The van der Waals surface area contributed by atoms with Crippen LogP contribution in [0, 0.1) is 0 Å². The number of hydrogen-bond acceptors (Lipinski definition) is 6. The second kappa shape index (κ2) is 8.80. The van der Waals surface area contributed by atoms with E-state index >= 15 is 0 Å². The van der Waals surface area contributed by atoms with E-state index in [1.165, 1.54) is 0 Å². The molecular formula is C21H21NO5. The van der Waals surface area contributed by atoms with E-state index in [0.717, 1.165) is 11.6 Å². The van der Waals surface area contributed by atoms with Crippen LogP contribution in [0.5, 0.6) is 11.5 Å². The lowest BCUT2D eigenvalue weighted by atomic mass is 10.2. The molecule has 0 unspecified atom stereocenters. The van der Waals surface area contributed by atoms with E-state index in [1.807, 2.05) is 0 Å². The molecular weight excluding hydrogens is 346 g/mol. The summed E-state index contributed by atoms with van der Waals surface area (Å²) in [6.07, 6.45) is 1.91. The van der Waals surface area contributed by atoms with E-state index in [-0.39, 0.29) is 0 Å². The number of esters is 1. The first kappa shape index (κ1) is 19.9. The van der Waals surface area contributed by atoms with Crippen LogP contribution in [-0.2, 0) is 9.53 Å². The molecule has 0 saturated carbocycles. The highest BCUT2D eigenvalue weighted by Gasteiger charge is 2.19. The van der Waals surface area contributed by atoms with Crippen molar-refractivity contribution in [3.63, 3.8) is 0 Å². The molecule has 2 aromatic carbocycles. The molecule has 0 aliphatic carbocycles. The summed E-state index contributed by atoms with van der Waals surface area (Å²) in [4.78, 5) is 27.4. The summed E-state index contributed by atoms with van der Waals surface area (Å²) >= 11 is 0. The summed E-state index contributed by atoms with van der Waals surface area (Å²) in [7, 11) is 0. The van der Waals surface area contributed by atoms with Gasteiger partial charge in [0.25, 0.3) is 0 Å². The van der Waals surface area contributed by atoms with E-state index < -0.39 is 17.7 Å². The highest BCUT2D eigenvalue weighted by atomic mass is 16.7. The largest absolute Gasteiger partial charge is 0.514 e. The average molecular weight is 367 g/mol. The highest BCUT2D eigenvalue weighted by Crippen LogP contribution is 2.27. The molecule has 0 aliphatic heterocycles. The number of carbonyl (C=O) groups excluding carboxylic acids is 2. The molecule has 0 fully saturated rings. The van der Waals surface area contributed by atoms with Gasteiger partial charge >= 0.3 is 12.1 Å². The monoisotopic (exact) mass is 367 g/mol. The van der Waals surface area contributed by atoms with Crippen molar-refractivity contribution in [2.24, 2.45) is 4.99 Å². The van der Waals surface area contributed by atoms with Crippen LogP contribution in [0.25, 0.3) is 0 Å². The number of para-hydroxylation sites is 2. The van der Waals surface area contributed by atoms with Gasteiger partial charge in [-0.25, -0.2) is 9.59 Å². The molecule has 0 aromatic heterocycles. The van der Waals surface area contributed by atoms with Gasteiger partial charge < -0.3 is 14.2 Å². The topological polar surface area (TPSA) is 74.2 Å². The zero-order valence-electron chi connectivity index (χ0n) is 15.5. The minimum Gasteiger partial charge on any atom is -0.428 e. The Hall–Kier alpha value is -3.41. The molecule has 0 saturated heterocycles. The lowest BCUT2D eigenvalue weighted by molar-refractivity contribution is -0.128. The van der Waals surface area contributed by atoms with Gasteiger partial charge in [-0.15, -0.1) is 0 Å². The lowest BCUT2D eigenvalue weighted by Crippen LogP contribution is -2.25. The van der Waals surface area contributed by atoms with Crippen molar-refractivity contribution in [2.45, 2.75) is 26.4 Å². The first-order chi connectivity index (χ1) is 12.8.